The number of nitrogens with zero attached hydrogens (tertiary/aromatic N) is 3. The molecule has 0 aliphatic carbocycles. The van der Waals surface area contributed by atoms with E-state index < -0.39 is 5.92 Å². The van der Waals surface area contributed by atoms with Crippen molar-refractivity contribution in [1.29, 1.82) is 0 Å². The van der Waals surface area contributed by atoms with Crippen molar-refractivity contribution in [3.05, 3.63) is 48.2 Å². The van der Waals surface area contributed by atoms with Crippen molar-refractivity contribution >= 4 is 23.3 Å². The van der Waals surface area contributed by atoms with Crippen LogP contribution in [0, 0.1) is 11.8 Å². The summed E-state index contributed by atoms with van der Waals surface area (Å²) in [5, 5.41) is 12.4. The quantitative estimate of drug-likeness (QED) is 0.547. The number of likely N-dealkylation sites (tertiary alicyclic amines) is 1. The van der Waals surface area contributed by atoms with Gasteiger partial charge in [-0.1, -0.05) is 31.5 Å². The van der Waals surface area contributed by atoms with Crippen molar-refractivity contribution in [2.75, 3.05) is 43.6 Å². The molecule has 2 aliphatic heterocycles. The number of benzene rings is 1. The van der Waals surface area contributed by atoms with Crippen molar-refractivity contribution in [3.63, 3.8) is 0 Å². The van der Waals surface area contributed by atoms with E-state index in [9.17, 15) is 14.7 Å². The highest BCUT2D eigenvalue weighted by Gasteiger charge is 2.41. The van der Waals surface area contributed by atoms with Crippen LogP contribution >= 0.6 is 0 Å². The summed E-state index contributed by atoms with van der Waals surface area (Å²) in [4.78, 5) is 35.2. The highest BCUT2D eigenvalue weighted by molar-refractivity contribution is 5.94. The Balaban J connectivity index is 1.52. The van der Waals surface area contributed by atoms with Gasteiger partial charge < -0.3 is 25.0 Å². The minimum Gasteiger partial charge on any atom is -0.496 e. The number of carbonyl (C=O) groups excluding carboxylic acids is 2. The summed E-state index contributed by atoms with van der Waals surface area (Å²) >= 11 is 0. The number of aliphatic hydroxyl groups is 1. The van der Waals surface area contributed by atoms with Gasteiger partial charge in [0.1, 0.15) is 11.6 Å². The molecule has 2 N–H and O–H groups in total. The van der Waals surface area contributed by atoms with Gasteiger partial charge in [0.15, 0.2) is 0 Å². The summed E-state index contributed by atoms with van der Waals surface area (Å²) in [6, 6.07) is 11.1. The van der Waals surface area contributed by atoms with Gasteiger partial charge in [0, 0.05) is 38.2 Å². The first-order valence-electron chi connectivity index (χ1n) is 13.1. The smallest absolute Gasteiger partial charge is 0.231 e. The molecular formula is C28H38N4O4. The molecule has 2 aromatic rings. The van der Waals surface area contributed by atoms with Crippen LogP contribution in [0.3, 0.4) is 0 Å². The Labute approximate surface area is 213 Å². The first kappa shape index (κ1) is 25.9. The topological polar surface area (TPSA) is 95.0 Å². The number of rotatable bonds is 9. The third kappa shape index (κ3) is 5.81. The molecule has 2 fully saturated rings. The minimum atomic E-state index is -0.408. The van der Waals surface area contributed by atoms with Gasteiger partial charge in [0.05, 0.1) is 31.0 Å². The Hall–Kier alpha value is -3.13. The highest BCUT2D eigenvalue weighted by Crippen LogP contribution is 2.41. The number of methoxy groups -OCH3 is 1. The number of anilines is 2. The average molecular weight is 495 g/mol. The van der Waals surface area contributed by atoms with E-state index in [-0.39, 0.29) is 24.5 Å². The first-order valence-corrected chi connectivity index (χ1v) is 13.1. The van der Waals surface area contributed by atoms with Crippen molar-refractivity contribution in [3.8, 4) is 5.75 Å². The number of nitrogens with one attached hydrogen (secondary N) is 1. The van der Waals surface area contributed by atoms with Gasteiger partial charge >= 0.3 is 0 Å². The lowest BCUT2D eigenvalue weighted by Gasteiger charge is -2.41. The average Bonchev–Trinajstić information content (AvgIpc) is 2.92. The first-order chi connectivity index (χ1) is 17.5. The maximum absolute atomic E-state index is 13.6. The molecule has 8 nitrogen and oxygen atoms in total. The molecule has 1 aromatic carbocycles. The van der Waals surface area contributed by atoms with Crippen LogP contribution in [0.2, 0.25) is 0 Å². The molecule has 4 rings (SSSR count). The molecule has 0 radical (unpaired) electrons. The number of amides is 2. The Bertz CT molecular complexity index is 1020. The molecule has 0 spiro atoms. The number of carbonyl (C=O) groups is 2. The van der Waals surface area contributed by atoms with E-state index in [0.29, 0.717) is 36.9 Å². The summed E-state index contributed by atoms with van der Waals surface area (Å²) in [5.41, 5.74) is 1.88. The number of unbranched alkanes of at least 4 members (excludes halogenated alkanes) is 1. The number of para-hydroxylation sites is 1. The zero-order valence-electron chi connectivity index (χ0n) is 21.4. The molecule has 0 saturated carbocycles. The number of pyridine rings is 1. The van der Waals surface area contributed by atoms with Gasteiger partial charge in [-0.05, 0) is 49.8 Å². The Morgan fingerprint density at radius 1 is 1.17 bits per heavy atom. The predicted octanol–water partition coefficient (Wildman–Crippen LogP) is 4.02. The predicted molar refractivity (Wildman–Crippen MR) is 140 cm³/mol. The van der Waals surface area contributed by atoms with E-state index in [1.165, 1.54) is 0 Å². The maximum Gasteiger partial charge on any atom is 0.231 e. The van der Waals surface area contributed by atoms with Gasteiger partial charge in [-0.3, -0.25) is 9.59 Å². The van der Waals surface area contributed by atoms with E-state index in [1.54, 1.807) is 13.3 Å². The standard InChI is InChI=1S/C28H38N4O4/c1-3-4-15-32-26(34)12-10-23(27(32)22-7-5-6-8-24(22)36-2)28(35)30-25-11-9-21(18-29-25)31-16-13-20(19-33)14-17-31/h5-9,11,18,20,23,27,33H,3-4,10,12-17,19H2,1-2H3,(H,29,30,35)/t23-,27+/m0/s1. The highest BCUT2D eigenvalue weighted by atomic mass is 16.5. The fraction of sp³-hybridized carbons (Fsp3) is 0.536. The van der Waals surface area contributed by atoms with Gasteiger partial charge in [-0.2, -0.15) is 0 Å². The molecular weight excluding hydrogens is 456 g/mol. The number of ether oxygens (including phenoxy) is 1. The van der Waals surface area contributed by atoms with E-state index in [1.807, 2.05) is 41.3 Å². The van der Waals surface area contributed by atoms with E-state index in [2.05, 4.69) is 22.1 Å². The second kappa shape index (κ2) is 12.2. The van der Waals surface area contributed by atoms with E-state index in [0.717, 1.165) is 50.0 Å². The molecule has 3 heterocycles. The van der Waals surface area contributed by atoms with Crippen LogP contribution in [-0.2, 0) is 9.59 Å². The molecule has 0 unspecified atom stereocenters. The van der Waals surface area contributed by atoms with Gasteiger partial charge in [-0.15, -0.1) is 0 Å². The van der Waals surface area contributed by atoms with Crippen LogP contribution in [-0.4, -0.2) is 60.2 Å². The van der Waals surface area contributed by atoms with Gasteiger partial charge in [0.25, 0.3) is 0 Å². The van der Waals surface area contributed by atoms with Crippen molar-refractivity contribution < 1.29 is 19.4 Å². The van der Waals surface area contributed by atoms with Gasteiger partial charge in [-0.25, -0.2) is 4.98 Å². The summed E-state index contributed by atoms with van der Waals surface area (Å²) in [6.07, 6.45) is 6.40. The van der Waals surface area contributed by atoms with Crippen LogP contribution in [0.5, 0.6) is 5.75 Å². The zero-order valence-corrected chi connectivity index (χ0v) is 21.4. The van der Waals surface area contributed by atoms with Crippen molar-refractivity contribution in [1.82, 2.24) is 9.88 Å². The fourth-order valence-electron chi connectivity index (χ4n) is 5.35. The van der Waals surface area contributed by atoms with Crippen LogP contribution in [0.15, 0.2) is 42.6 Å². The normalized spacial score (nSPS) is 20.9. The molecule has 36 heavy (non-hydrogen) atoms. The molecule has 2 aliphatic rings. The molecule has 1 aromatic heterocycles. The number of aromatic nitrogens is 1. The number of hydrogen-bond acceptors (Lipinski definition) is 6. The van der Waals surface area contributed by atoms with Crippen LogP contribution in [0.25, 0.3) is 0 Å². The lowest BCUT2D eigenvalue weighted by molar-refractivity contribution is -0.142. The second-order valence-electron chi connectivity index (χ2n) is 9.78. The molecule has 194 valence electrons. The lowest BCUT2D eigenvalue weighted by atomic mass is 9.83. The summed E-state index contributed by atoms with van der Waals surface area (Å²) in [6.45, 7) is 4.74. The van der Waals surface area contributed by atoms with E-state index in [4.69, 9.17) is 4.74 Å². The Kier molecular flexibility index (Phi) is 8.80. The van der Waals surface area contributed by atoms with Crippen molar-refractivity contribution in [2.24, 2.45) is 11.8 Å². The molecule has 8 heteroatoms. The summed E-state index contributed by atoms with van der Waals surface area (Å²) < 4.78 is 5.62. The fourth-order valence-corrected chi connectivity index (χ4v) is 5.35. The monoisotopic (exact) mass is 494 g/mol. The maximum atomic E-state index is 13.6. The van der Waals surface area contributed by atoms with E-state index >= 15 is 0 Å². The lowest BCUT2D eigenvalue weighted by Crippen LogP contribution is -2.47. The largest absolute Gasteiger partial charge is 0.496 e. The van der Waals surface area contributed by atoms with Crippen LogP contribution in [0.1, 0.15) is 57.1 Å². The van der Waals surface area contributed by atoms with Crippen LogP contribution < -0.4 is 15.0 Å². The summed E-state index contributed by atoms with van der Waals surface area (Å²) in [5.74, 6) is 1.10. The summed E-state index contributed by atoms with van der Waals surface area (Å²) in [7, 11) is 1.62. The molecule has 2 saturated heterocycles. The van der Waals surface area contributed by atoms with Gasteiger partial charge in [0.2, 0.25) is 11.8 Å². The third-order valence-corrected chi connectivity index (χ3v) is 7.49. The second-order valence-corrected chi connectivity index (χ2v) is 9.78. The number of aliphatic hydroxyl groups excluding tert-OH is 1. The molecule has 0 bridgehead atoms. The van der Waals surface area contributed by atoms with Crippen LogP contribution in [0.4, 0.5) is 11.5 Å². The molecule has 2 atom stereocenters. The molecule has 2 amide bonds. The minimum absolute atomic E-state index is 0.0795. The Morgan fingerprint density at radius 3 is 2.61 bits per heavy atom. The number of piperidine rings is 2. The van der Waals surface area contributed by atoms with Crippen molar-refractivity contribution in [2.45, 2.75) is 51.5 Å². The third-order valence-electron chi connectivity index (χ3n) is 7.49. The number of hydrogen-bond donors (Lipinski definition) is 2. The zero-order chi connectivity index (χ0) is 25.5. The SMILES string of the molecule is CCCCN1C(=O)CC[C@H](C(=O)Nc2ccc(N3CCC(CO)CC3)cn2)[C@H]1c1ccccc1OC. The Morgan fingerprint density at radius 2 is 1.94 bits per heavy atom.